The van der Waals surface area contributed by atoms with Gasteiger partial charge in [-0.05, 0) is 37.5 Å². The molecule has 0 bridgehead atoms. The molecule has 18 heavy (non-hydrogen) atoms. The van der Waals surface area contributed by atoms with Gasteiger partial charge in [-0.2, -0.15) is 0 Å². The molecule has 0 spiro atoms. The molecule has 0 aliphatic heterocycles. The van der Waals surface area contributed by atoms with E-state index in [2.05, 4.69) is 27.7 Å². The van der Waals surface area contributed by atoms with Gasteiger partial charge in [0, 0.05) is 13.2 Å². The van der Waals surface area contributed by atoms with Crippen LogP contribution in [0.3, 0.4) is 0 Å². The second kappa shape index (κ2) is 8.92. The fourth-order valence-corrected chi connectivity index (χ4v) is 2.35. The summed E-state index contributed by atoms with van der Waals surface area (Å²) in [5, 5.41) is 0. The molecule has 1 aliphatic carbocycles. The van der Waals surface area contributed by atoms with Gasteiger partial charge in [0.05, 0.1) is 12.2 Å². The Hall–Kier alpha value is -0.0800. The van der Waals surface area contributed by atoms with Crippen LogP contribution < -0.4 is 0 Å². The Morgan fingerprint density at radius 1 is 0.778 bits per heavy atom. The van der Waals surface area contributed by atoms with Crippen molar-refractivity contribution >= 4 is 0 Å². The van der Waals surface area contributed by atoms with Gasteiger partial charge in [-0.15, -0.1) is 0 Å². The van der Waals surface area contributed by atoms with E-state index in [0.29, 0.717) is 12.2 Å². The van der Waals surface area contributed by atoms with Crippen molar-refractivity contribution in [3.05, 3.63) is 0 Å². The Bertz CT molecular complexity index is 179. The molecule has 108 valence electrons. The summed E-state index contributed by atoms with van der Waals surface area (Å²) in [6.07, 6.45) is 8.00. The summed E-state index contributed by atoms with van der Waals surface area (Å²) < 4.78 is 12.1. The second-order valence-electron chi connectivity index (χ2n) is 6.47. The van der Waals surface area contributed by atoms with Gasteiger partial charge >= 0.3 is 0 Å². The standard InChI is InChI=1S/C16H32O2/c1-13(2)9-11-17-15-7-5-6-8-16(15)18-12-10-14(3)4/h13-16H,5-12H2,1-4H3. The van der Waals surface area contributed by atoms with Gasteiger partial charge in [-0.25, -0.2) is 0 Å². The summed E-state index contributed by atoms with van der Waals surface area (Å²) >= 11 is 0. The van der Waals surface area contributed by atoms with Crippen molar-refractivity contribution in [2.75, 3.05) is 13.2 Å². The molecule has 1 fully saturated rings. The zero-order chi connectivity index (χ0) is 13.4. The van der Waals surface area contributed by atoms with E-state index >= 15 is 0 Å². The lowest BCUT2D eigenvalue weighted by Gasteiger charge is -2.32. The summed E-state index contributed by atoms with van der Waals surface area (Å²) in [7, 11) is 0. The number of rotatable bonds is 8. The molecule has 0 aromatic heterocycles. The Morgan fingerprint density at radius 3 is 1.50 bits per heavy atom. The van der Waals surface area contributed by atoms with Crippen LogP contribution in [0.15, 0.2) is 0 Å². The molecular weight excluding hydrogens is 224 g/mol. The van der Waals surface area contributed by atoms with Crippen molar-refractivity contribution in [1.29, 1.82) is 0 Å². The molecule has 1 saturated carbocycles. The molecule has 0 aromatic carbocycles. The molecule has 2 unspecified atom stereocenters. The first-order valence-corrected chi connectivity index (χ1v) is 7.82. The third kappa shape index (κ3) is 6.75. The van der Waals surface area contributed by atoms with E-state index in [1.165, 1.54) is 25.7 Å². The lowest BCUT2D eigenvalue weighted by Crippen LogP contribution is -2.35. The average Bonchev–Trinajstić information content (AvgIpc) is 2.30. The van der Waals surface area contributed by atoms with Gasteiger partial charge in [0.25, 0.3) is 0 Å². The minimum atomic E-state index is 0.352. The van der Waals surface area contributed by atoms with Crippen LogP contribution in [0.25, 0.3) is 0 Å². The molecule has 2 nitrogen and oxygen atoms in total. The predicted molar refractivity (Wildman–Crippen MR) is 76.9 cm³/mol. The number of hydrogen-bond acceptors (Lipinski definition) is 2. The van der Waals surface area contributed by atoms with Crippen LogP contribution in [0, 0.1) is 11.8 Å². The average molecular weight is 256 g/mol. The van der Waals surface area contributed by atoms with Gasteiger partial charge < -0.3 is 9.47 Å². The summed E-state index contributed by atoms with van der Waals surface area (Å²) in [5.74, 6) is 1.46. The highest BCUT2D eigenvalue weighted by Gasteiger charge is 2.26. The molecule has 2 heteroatoms. The summed E-state index contributed by atoms with van der Waals surface area (Å²) in [5.41, 5.74) is 0. The fraction of sp³-hybridized carbons (Fsp3) is 1.00. The Kier molecular flexibility index (Phi) is 7.92. The van der Waals surface area contributed by atoms with Crippen molar-refractivity contribution in [3.63, 3.8) is 0 Å². The van der Waals surface area contributed by atoms with Gasteiger partial charge in [-0.1, -0.05) is 40.5 Å². The maximum Gasteiger partial charge on any atom is 0.0836 e. The van der Waals surface area contributed by atoms with E-state index in [0.717, 1.165) is 37.9 Å². The molecule has 0 saturated heterocycles. The lowest BCUT2D eigenvalue weighted by atomic mass is 9.94. The Labute approximate surface area is 113 Å². The quantitative estimate of drug-likeness (QED) is 0.640. The van der Waals surface area contributed by atoms with Gasteiger partial charge in [0.1, 0.15) is 0 Å². The molecule has 0 N–H and O–H groups in total. The van der Waals surface area contributed by atoms with Crippen LogP contribution in [0.1, 0.15) is 66.2 Å². The first-order valence-electron chi connectivity index (χ1n) is 7.82. The second-order valence-corrected chi connectivity index (χ2v) is 6.47. The van der Waals surface area contributed by atoms with Crippen molar-refractivity contribution < 1.29 is 9.47 Å². The highest BCUT2D eigenvalue weighted by atomic mass is 16.5. The summed E-state index contributed by atoms with van der Waals surface area (Å²) in [4.78, 5) is 0. The van der Waals surface area contributed by atoms with Crippen LogP contribution >= 0.6 is 0 Å². The van der Waals surface area contributed by atoms with Gasteiger partial charge in [-0.3, -0.25) is 0 Å². The summed E-state index contributed by atoms with van der Waals surface area (Å²) in [6.45, 7) is 10.8. The highest BCUT2D eigenvalue weighted by Crippen LogP contribution is 2.24. The Morgan fingerprint density at radius 2 is 1.17 bits per heavy atom. The third-order valence-corrected chi connectivity index (χ3v) is 3.70. The van der Waals surface area contributed by atoms with Crippen LogP contribution in [0.4, 0.5) is 0 Å². The van der Waals surface area contributed by atoms with E-state index in [1.54, 1.807) is 0 Å². The van der Waals surface area contributed by atoms with Crippen LogP contribution in [-0.2, 0) is 9.47 Å². The SMILES string of the molecule is CC(C)CCOC1CCCCC1OCCC(C)C. The molecule has 1 aliphatic rings. The molecule has 0 aromatic rings. The highest BCUT2D eigenvalue weighted by molar-refractivity contribution is 4.76. The largest absolute Gasteiger partial charge is 0.376 e. The third-order valence-electron chi connectivity index (χ3n) is 3.70. The first-order chi connectivity index (χ1) is 8.59. The van der Waals surface area contributed by atoms with E-state index in [4.69, 9.17) is 9.47 Å². The van der Waals surface area contributed by atoms with E-state index in [-0.39, 0.29) is 0 Å². The van der Waals surface area contributed by atoms with E-state index < -0.39 is 0 Å². The predicted octanol–water partition coefficient (Wildman–Crippen LogP) is 4.42. The molecule has 0 radical (unpaired) electrons. The topological polar surface area (TPSA) is 18.5 Å². The van der Waals surface area contributed by atoms with Crippen LogP contribution in [0.5, 0.6) is 0 Å². The molecular formula is C16H32O2. The first kappa shape index (κ1) is 16.0. The fourth-order valence-electron chi connectivity index (χ4n) is 2.35. The minimum absolute atomic E-state index is 0.352. The van der Waals surface area contributed by atoms with E-state index in [9.17, 15) is 0 Å². The zero-order valence-electron chi connectivity index (χ0n) is 12.8. The van der Waals surface area contributed by atoms with Crippen molar-refractivity contribution in [3.8, 4) is 0 Å². The van der Waals surface area contributed by atoms with Gasteiger partial charge in [0.15, 0.2) is 0 Å². The molecule has 0 amide bonds. The molecule has 2 atom stereocenters. The van der Waals surface area contributed by atoms with Gasteiger partial charge in [0.2, 0.25) is 0 Å². The molecule has 0 heterocycles. The van der Waals surface area contributed by atoms with E-state index in [1.807, 2.05) is 0 Å². The Balaban J connectivity index is 2.23. The lowest BCUT2D eigenvalue weighted by molar-refractivity contribution is -0.0954. The monoisotopic (exact) mass is 256 g/mol. The smallest absolute Gasteiger partial charge is 0.0836 e. The van der Waals surface area contributed by atoms with Crippen molar-refractivity contribution in [1.82, 2.24) is 0 Å². The maximum atomic E-state index is 6.04. The summed E-state index contributed by atoms with van der Waals surface area (Å²) in [6, 6.07) is 0. The van der Waals surface area contributed by atoms with Crippen LogP contribution in [-0.4, -0.2) is 25.4 Å². The number of ether oxygens (including phenoxy) is 2. The molecule has 1 rings (SSSR count). The maximum absolute atomic E-state index is 6.04. The van der Waals surface area contributed by atoms with Crippen molar-refractivity contribution in [2.45, 2.75) is 78.4 Å². The van der Waals surface area contributed by atoms with Crippen molar-refractivity contribution in [2.24, 2.45) is 11.8 Å². The zero-order valence-corrected chi connectivity index (χ0v) is 12.8. The minimum Gasteiger partial charge on any atom is -0.376 e. The van der Waals surface area contributed by atoms with Crippen LogP contribution in [0.2, 0.25) is 0 Å². The normalized spacial score (nSPS) is 25.0. The number of hydrogen-bond donors (Lipinski definition) is 0.